The first kappa shape index (κ1) is 15.1. The minimum absolute atomic E-state index is 0.191. The number of anilines is 1. The van der Waals surface area contributed by atoms with Crippen molar-refractivity contribution in [1.29, 1.82) is 0 Å². The zero-order chi connectivity index (χ0) is 17.2. The third-order valence-corrected chi connectivity index (χ3v) is 4.06. The fourth-order valence-corrected chi connectivity index (χ4v) is 2.80. The molecule has 2 N–H and O–H groups in total. The van der Waals surface area contributed by atoms with Gasteiger partial charge in [-0.1, -0.05) is 24.3 Å². The molecule has 0 bridgehead atoms. The summed E-state index contributed by atoms with van der Waals surface area (Å²) in [6, 6.07) is 13.1. The first-order valence-electron chi connectivity index (χ1n) is 7.98. The van der Waals surface area contributed by atoms with Crippen LogP contribution in [0.4, 0.5) is 5.69 Å². The van der Waals surface area contributed by atoms with Crippen LogP contribution in [0, 0.1) is 0 Å². The Labute approximate surface area is 143 Å². The van der Waals surface area contributed by atoms with Gasteiger partial charge in [-0.2, -0.15) is 5.10 Å². The van der Waals surface area contributed by atoms with Crippen LogP contribution in [-0.2, 0) is 6.54 Å². The number of carbonyl (C=O) groups excluding carboxylic acids is 1. The molecule has 0 atom stereocenters. The molecule has 7 heteroatoms. The first-order valence-corrected chi connectivity index (χ1v) is 7.98. The minimum Gasteiger partial charge on any atom is -0.322 e. The highest BCUT2D eigenvalue weighted by Crippen LogP contribution is 2.22. The smallest absolute Gasteiger partial charge is 0.257 e. The predicted octanol–water partition coefficient (Wildman–Crippen LogP) is 3.09. The van der Waals surface area contributed by atoms with E-state index < -0.39 is 0 Å². The average molecular weight is 332 g/mol. The molecule has 0 fully saturated rings. The number of rotatable bonds is 4. The standard InChI is InChI=1S/C18H16N6O/c1-2-24-11-20-23-17(24)12-5-3-7-14(9-12)21-18(25)15-8-4-6-13-10-19-22-16(13)15/h3-11H,2H2,1H3,(H,19,22)(H,21,25). The maximum Gasteiger partial charge on any atom is 0.257 e. The molecule has 7 nitrogen and oxygen atoms in total. The lowest BCUT2D eigenvalue weighted by atomic mass is 10.1. The van der Waals surface area contributed by atoms with Crippen molar-refractivity contribution >= 4 is 22.5 Å². The lowest BCUT2D eigenvalue weighted by Crippen LogP contribution is -2.12. The van der Waals surface area contributed by atoms with Crippen LogP contribution in [0.3, 0.4) is 0 Å². The lowest BCUT2D eigenvalue weighted by Gasteiger charge is -2.08. The van der Waals surface area contributed by atoms with Crippen LogP contribution in [0.15, 0.2) is 55.0 Å². The molecule has 2 aromatic carbocycles. The molecule has 0 radical (unpaired) electrons. The van der Waals surface area contributed by atoms with Gasteiger partial charge in [-0.3, -0.25) is 9.89 Å². The maximum atomic E-state index is 12.7. The highest BCUT2D eigenvalue weighted by molar-refractivity contribution is 6.11. The number of hydrogen-bond acceptors (Lipinski definition) is 4. The normalized spacial score (nSPS) is 10.9. The monoisotopic (exact) mass is 332 g/mol. The fourth-order valence-electron chi connectivity index (χ4n) is 2.80. The quantitative estimate of drug-likeness (QED) is 0.601. The molecule has 0 aliphatic rings. The number of aromatic amines is 1. The molecular formula is C18H16N6O. The van der Waals surface area contributed by atoms with Gasteiger partial charge in [0, 0.05) is 23.2 Å². The third kappa shape index (κ3) is 2.76. The summed E-state index contributed by atoms with van der Waals surface area (Å²) < 4.78 is 1.95. The molecule has 2 heterocycles. The van der Waals surface area contributed by atoms with Gasteiger partial charge in [-0.05, 0) is 25.1 Å². The molecule has 25 heavy (non-hydrogen) atoms. The number of aromatic nitrogens is 5. The molecule has 4 aromatic rings. The second-order valence-corrected chi connectivity index (χ2v) is 5.62. The third-order valence-electron chi connectivity index (χ3n) is 4.06. The molecule has 0 saturated carbocycles. The molecule has 0 spiro atoms. The Bertz CT molecular complexity index is 1050. The Kier molecular flexibility index (Phi) is 3.74. The van der Waals surface area contributed by atoms with Crippen molar-refractivity contribution in [1.82, 2.24) is 25.0 Å². The maximum absolute atomic E-state index is 12.7. The number of nitrogens with zero attached hydrogens (tertiary/aromatic N) is 4. The topological polar surface area (TPSA) is 88.5 Å². The van der Waals surface area contributed by atoms with Crippen molar-refractivity contribution in [3.63, 3.8) is 0 Å². The van der Waals surface area contributed by atoms with Crippen LogP contribution < -0.4 is 5.32 Å². The molecule has 2 aromatic heterocycles. The first-order chi connectivity index (χ1) is 12.3. The summed E-state index contributed by atoms with van der Waals surface area (Å²) in [5.41, 5.74) is 2.88. The molecule has 1 amide bonds. The second-order valence-electron chi connectivity index (χ2n) is 5.62. The van der Waals surface area contributed by atoms with Gasteiger partial charge in [-0.25, -0.2) is 0 Å². The Morgan fingerprint density at radius 1 is 1.24 bits per heavy atom. The van der Waals surface area contributed by atoms with Crippen LogP contribution in [0.25, 0.3) is 22.3 Å². The number of hydrogen-bond donors (Lipinski definition) is 2. The molecule has 0 aliphatic carbocycles. The zero-order valence-electron chi connectivity index (χ0n) is 13.6. The van der Waals surface area contributed by atoms with Gasteiger partial charge < -0.3 is 9.88 Å². The number of aryl methyl sites for hydroxylation is 1. The van der Waals surface area contributed by atoms with E-state index in [1.807, 2.05) is 47.9 Å². The molecule has 124 valence electrons. The minimum atomic E-state index is -0.191. The van der Waals surface area contributed by atoms with E-state index in [2.05, 4.69) is 25.7 Å². The van der Waals surface area contributed by atoms with Crippen molar-refractivity contribution in [2.45, 2.75) is 13.5 Å². The van der Waals surface area contributed by atoms with Gasteiger partial charge in [0.25, 0.3) is 5.91 Å². The van der Waals surface area contributed by atoms with Gasteiger partial charge in [-0.15, -0.1) is 10.2 Å². The van der Waals surface area contributed by atoms with Gasteiger partial charge >= 0.3 is 0 Å². The number of amides is 1. The van der Waals surface area contributed by atoms with Gasteiger partial charge in [0.15, 0.2) is 5.82 Å². The molecule has 4 rings (SSSR count). The fraction of sp³-hybridized carbons (Fsp3) is 0.111. The summed E-state index contributed by atoms with van der Waals surface area (Å²) in [5, 5.41) is 18.8. The Balaban J connectivity index is 1.64. The van der Waals surface area contributed by atoms with E-state index in [1.165, 1.54) is 0 Å². The van der Waals surface area contributed by atoms with Crippen molar-refractivity contribution < 1.29 is 4.79 Å². The summed E-state index contributed by atoms with van der Waals surface area (Å²) >= 11 is 0. The number of H-pyrrole nitrogens is 1. The van der Waals surface area contributed by atoms with Crippen LogP contribution in [0.1, 0.15) is 17.3 Å². The number of nitrogens with one attached hydrogen (secondary N) is 2. The van der Waals surface area contributed by atoms with Crippen molar-refractivity contribution in [3.05, 3.63) is 60.6 Å². The van der Waals surface area contributed by atoms with E-state index >= 15 is 0 Å². The molecule has 0 unspecified atom stereocenters. The number of para-hydroxylation sites is 1. The predicted molar refractivity (Wildman–Crippen MR) is 95.2 cm³/mol. The van der Waals surface area contributed by atoms with Gasteiger partial charge in [0.2, 0.25) is 0 Å². The number of fused-ring (bicyclic) bond motifs is 1. The molecule has 0 saturated heterocycles. The van der Waals surface area contributed by atoms with E-state index in [0.717, 1.165) is 28.8 Å². The Morgan fingerprint density at radius 3 is 3.00 bits per heavy atom. The van der Waals surface area contributed by atoms with Crippen LogP contribution in [-0.4, -0.2) is 30.9 Å². The van der Waals surface area contributed by atoms with E-state index in [0.29, 0.717) is 11.3 Å². The summed E-state index contributed by atoms with van der Waals surface area (Å²) in [5.74, 6) is 0.582. The van der Waals surface area contributed by atoms with Crippen molar-refractivity contribution in [3.8, 4) is 11.4 Å². The number of benzene rings is 2. The van der Waals surface area contributed by atoms with E-state index in [4.69, 9.17) is 0 Å². The van der Waals surface area contributed by atoms with Gasteiger partial charge in [0.05, 0.1) is 17.3 Å². The summed E-state index contributed by atoms with van der Waals surface area (Å²) in [4.78, 5) is 12.7. The van der Waals surface area contributed by atoms with Gasteiger partial charge in [0.1, 0.15) is 6.33 Å². The molecular weight excluding hydrogens is 316 g/mol. The van der Waals surface area contributed by atoms with E-state index in [1.54, 1.807) is 18.6 Å². The second kappa shape index (κ2) is 6.20. The van der Waals surface area contributed by atoms with Crippen LogP contribution in [0.5, 0.6) is 0 Å². The SMILES string of the molecule is CCn1cnnc1-c1cccc(NC(=O)c2cccc3cn[nH]c23)c1. The average Bonchev–Trinajstić information content (AvgIpc) is 3.30. The largest absolute Gasteiger partial charge is 0.322 e. The van der Waals surface area contributed by atoms with E-state index in [9.17, 15) is 4.79 Å². The van der Waals surface area contributed by atoms with Crippen molar-refractivity contribution in [2.24, 2.45) is 0 Å². The van der Waals surface area contributed by atoms with Crippen LogP contribution >= 0.6 is 0 Å². The number of carbonyl (C=O) groups is 1. The summed E-state index contributed by atoms with van der Waals surface area (Å²) in [7, 11) is 0. The highest BCUT2D eigenvalue weighted by atomic mass is 16.1. The van der Waals surface area contributed by atoms with Crippen molar-refractivity contribution in [2.75, 3.05) is 5.32 Å². The highest BCUT2D eigenvalue weighted by Gasteiger charge is 2.13. The Morgan fingerprint density at radius 2 is 2.12 bits per heavy atom. The Hall–Kier alpha value is -3.48. The summed E-state index contributed by atoms with van der Waals surface area (Å²) in [6.45, 7) is 2.81. The zero-order valence-corrected chi connectivity index (χ0v) is 13.6. The van der Waals surface area contributed by atoms with Crippen LogP contribution in [0.2, 0.25) is 0 Å². The summed E-state index contributed by atoms with van der Waals surface area (Å²) in [6.07, 6.45) is 3.39. The molecule has 0 aliphatic heterocycles. The lowest BCUT2D eigenvalue weighted by molar-refractivity contribution is 0.102. The van der Waals surface area contributed by atoms with E-state index in [-0.39, 0.29) is 5.91 Å².